The molecule has 172 valence electrons. The summed E-state index contributed by atoms with van der Waals surface area (Å²) in [4.78, 5) is 37.0. The molecule has 0 saturated heterocycles. The Morgan fingerprint density at radius 1 is 1.06 bits per heavy atom. The van der Waals surface area contributed by atoms with Crippen LogP contribution in [-0.4, -0.2) is 31.0 Å². The number of aromatic nitrogens is 1. The van der Waals surface area contributed by atoms with Gasteiger partial charge in [0.15, 0.2) is 18.2 Å². The second-order valence-corrected chi connectivity index (χ2v) is 8.05. The van der Waals surface area contributed by atoms with Gasteiger partial charge in [-0.1, -0.05) is 50.6 Å². The van der Waals surface area contributed by atoms with Gasteiger partial charge in [-0.15, -0.1) is 0 Å². The van der Waals surface area contributed by atoms with Crippen molar-refractivity contribution in [2.75, 3.05) is 7.11 Å². The van der Waals surface area contributed by atoms with Gasteiger partial charge in [0, 0.05) is 18.5 Å². The lowest BCUT2D eigenvalue weighted by Crippen LogP contribution is -2.41. The number of ether oxygens (including phenoxy) is 2. The van der Waals surface area contributed by atoms with Gasteiger partial charge in [-0.25, -0.2) is 4.79 Å². The van der Waals surface area contributed by atoms with Crippen molar-refractivity contribution in [3.05, 3.63) is 66.0 Å². The van der Waals surface area contributed by atoms with E-state index in [1.165, 1.54) is 7.11 Å². The van der Waals surface area contributed by atoms with E-state index in [1.807, 2.05) is 51.1 Å². The van der Waals surface area contributed by atoms with E-state index in [4.69, 9.17) is 9.47 Å². The van der Waals surface area contributed by atoms with Gasteiger partial charge in [0.25, 0.3) is 6.73 Å². The van der Waals surface area contributed by atoms with E-state index >= 15 is 0 Å². The molecule has 1 aromatic carbocycles. The number of amides is 1. The van der Waals surface area contributed by atoms with E-state index in [2.05, 4.69) is 5.32 Å². The molecule has 1 N–H and O–H groups in total. The second kappa shape index (κ2) is 12.6. The van der Waals surface area contributed by atoms with E-state index < -0.39 is 12.0 Å². The third-order valence-electron chi connectivity index (χ3n) is 5.51. The summed E-state index contributed by atoms with van der Waals surface area (Å²) in [5, 5.41) is 2.81. The maximum atomic E-state index is 12.8. The Morgan fingerprint density at radius 2 is 1.78 bits per heavy atom. The zero-order valence-electron chi connectivity index (χ0n) is 19.2. The van der Waals surface area contributed by atoms with Crippen LogP contribution in [0.2, 0.25) is 0 Å². The Bertz CT molecular complexity index is 900. The molecule has 0 spiro atoms. The fourth-order valence-electron chi connectivity index (χ4n) is 3.43. The molecule has 1 heterocycles. The van der Waals surface area contributed by atoms with Crippen molar-refractivity contribution in [1.82, 2.24) is 5.32 Å². The van der Waals surface area contributed by atoms with Gasteiger partial charge >= 0.3 is 12.1 Å². The summed E-state index contributed by atoms with van der Waals surface area (Å²) >= 11 is 0. The Balaban J connectivity index is 1.91. The van der Waals surface area contributed by atoms with Crippen LogP contribution in [0.15, 0.2) is 54.9 Å². The predicted molar refractivity (Wildman–Crippen MR) is 120 cm³/mol. The van der Waals surface area contributed by atoms with Crippen molar-refractivity contribution in [2.45, 2.75) is 52.8 Å². The Hall–Kier alpha value is -3.22. The van der Waals surface area contributed by atoms with E-state index in [1.54, 1.807) is 29.1 Å². The number of esters is 1. The Kier molecular flexibility index (Phi) is 9.85. The standard InChI is InChI=1S/C25H32N2O5/c1-5-18(2)22(24(29)31-4)15-23(28)21-12-9-13-27(16-21)17-32-25(30)26-19(3)14-20-10-7-6-8-11-20/h6-13,16,18-19,22H,5,14-15,17H2,1-4H3/p+1/t18-,19-,22-/m0/s1. The first-order valence-electron chi connectivity index (χ1n) is 10.9. The molecule has 2 aromatic rings. The minimum Gasteiger partial charge on any atom is -0.469 e. The summed E-state index contributed by atoms with van der Waals surface area (Å²) in [5.74, 6) is -0.983. The maximum absolute atomic E-state index is 12.8. The van der Waals surface area contributed by atoms with Crippen molar-refractivity contribution in [1.29, 1.82) is 0 Å². The van der Waals surface area contributed by atoms with Crippen LogP contribution in [0.25, 0.3) is 0 Å². The summed E-state index contributed by atoms with van der Waals surface area (Å²) < 4.78 is 11.8. The van der Waals surface area contributed by atoms with Crippen LogP contribution in [0, 0.1) is 11.8 Å². The van der Waals surface area contributed by atoms with Crippen molar-refractivity contribution < 1.29 is 28.4 Å². The highest BCUT2D eigenvalue weighted by atomic mass is 16.6. The monoisotopic (exact) mass is 441 g/mol. The molecule has 1 aromatic heterocycles. The highest BCUT2D eigenvalue weighted by Crippen LogP contribution is 2.22. The van der Waals surface area contributed by atoms with E-state index in [0.717, 1.165) is 12.0 Å². The first-order chi connectivity index (χ1) is 15.3. The van der Waals surface area contributed by atoms with Gasteiger partial charge in [-0.05, 0) is 30.9 Å². The molecule has 0 aliphatic rings. The third kappa shape index (κ3) is 7.80. The number of nitrogens with one attached hydrogen (secondary N) is 1. The summed E-state index contributed by atoms with van der Waals surface area (Å²) in [6.07, 6.45) is 4.35. The van der Waals surface area contributed by atoms with E-state index in [-0.39, 0.29) is 36.9 Å². The minimum absolute atomic E-state index is 0.0309. The minimum atomic E-state index is -0.528. The molecule has 0 unspecified atom stereocenters. The molecule has 0 fully saturated rings. The number of ketones is 1. The number of carbonyl (C=O) groups excluding carboxylic acids is 3. The molecule has 7 nitrogen and oxygen atoms in total. The van der Waals surface area contributed by atoms with Crippen LogP contribution in [-0.2, 0) is 27.4 Å². The Morgan fingerprint density at radius 3 is 2.44 bits per heavy atom. The third-order valence-corrected chi connectivity index (χ3v) is 5.51. The average Bonchev–Trinajstić information content (AvgIpc) is 2.80. The molecule has 0 bridgehead atoms. The molecular formula is C25H33N2O5+. The van der Waals surface area contributed by atoms with Crippen molar-refractivity contribution in [3.63, 3.8) is 0 Å². The Labute approximate surface area is 189 Å². The van der Waals surface area contributed by atoms with Crippen LogP contribution in [0.5, 0.6) is 0 Å². The number of methoxy groups -OCH3 is 1. The molecule has 2 rings (SSSR count). The largest absolute Gasteiger partial charge is 0.469 e. The van der Waals surface area contributed by atoms with Gasteiger partial charge < -0.3 is 14.8 Å². The van der Waals surface area contributed by atoms with Crippen molar-refractivity contribution >= 4 is 17.8 Å². The van der Waals surface area contributed by atoms with Crippen LogP contribution < -0.4 is 9.88 Å². The van der Waals surface area contributed by atoms with Crippen LogP contribution in [0.4, 0.5) is 4.79 Å². The van der Waals surface area contributed by atoms with Crippen molar-refractivity contribution in [3.8, 4) is 0 Å². The molecule has 3 atom stereocenters. The quantitative estimate of drug-likeness (QED) is 0.327. The zero-order valence-corrected chi connectivity index (χ0v) is 19.2. The second-order valence-electron chi connectivity index (χ2n) is 8.05. The van der Waals surface area contributed by atoms with Gasteiger partial charge in [0.1, 0.15) is 0 Å². The normalized spacial score (nSPS) is 13.5. The summed E-state index contributed by atoms with van der Waals surface area (Å²) in [6.45, 7) is 5.79. The summed E-state index contributed by atoms with van der Waals surface area (Å²) in [7, 11) is 1.34. The lowest BCUT2D eigenvalue weighted by molar-refractivity contribution is -0.727. The topological polar surface area (TPSA) is 85.6 Å². The molecule has 0 saturated carbocycles. The number of benzene rings is 1. The summed E-state index contributed by atoms with van der Waals surface area (Å²) in [6, 6.07) is 13.2. The number of hydrogen-bond donors (Lipinski definition) is 1. The number of rotatable bonds is 11. The maximum Gasteiger partial charge on any atom is 0.412 e. The highest BCUT2D eigenvalue weighted by Gasteiger charge is 2.28. The van der Waals surface area contributed by atoms with E-state index in [0.29, 0.717) is 12.0 Å². The predicted octanol–water partition coefficient (Wildman–Crippen LogP) is 3.70. The fraction of sp³-hybridized carbons (Fsp3) is 0.440. The van der Waals surface area contributed by atoms with Crippen LogP contribution >= 0.6 is 0 Å². The zero-order chi connectivity index (χ0) is 23.5. The lowest BCUT2D eigenvalue weighted by Gasteiger charge is -2.19. The average molecular weight is 442 g/mol. The molecule has 0 radical (unpaired) electrons. The summed E-state index contributed by atoms with van der Waals surface area (Å²) in [5.41, 5.74) is 1.58. The van der Waals surface area contributed by atoms with Crippen LogP contribution in [0.1, 0.15) is 49.5 Å². The number of hydrogen-bond acceptors (Lipinski definition) is 5. The fourth-order valence-corrected chi connectivity index (χ4v) is 3.43. The highest BCUT2D eigenvalue weighted by molar-refractivity contribution is 5.97. The lowest BCUT2D eigenvalue weighted by atomic mass is 9.86. The molecule has 0 aliphatic heterocycles. The number of Topliss-reactive ketones (excluding diaryl/α,β-unsaturated/α-hetero) is 1. The number of nitrogens with zero attached hydrogens (tertiary/aromatic N) is 1. The first-order valence-corrected chi connectivity index (χ1v) is 10.9. The molecule has 1 amide bonds. The molecule has 0 aliphatic carbocycles. The van der Waals surface area contributed by atoms with E-state index in [9.17, 15) is 14.4 Å². The smallest absolute Gasteiger partial charge is 0.412 e. The first kappa shape index (κ1) is 25.0. The number of pyridine rings is 1. The SMILES string of the molecule is CC[C@H](C)[C@H](CC(=O)c1ccc[n+](COC(=O)N[C@@H](C)Cc2ccccc2)c1)C(=O)OC. The van der Waals surface area contributed by atoms with Crippen molar-refractivity contribution in [2.24, 2.45) is 11.8 Å². The number of alkyl carbamates (subject to hydrolysis) is 1. The molecule has 7 heteroatoms. The molecule has 32 heavy (non-hydrogen) atoms. The van der Waals surface area contributed by atoms with Gasteiger partial charge in [-0.2, -0.15) is 4.57 Å². The van der Waals surface area contributed by atoms with Crippen LogP contribution in [0.3, 0.4) is 0 Å². The van der Waals surface area contributed by atoms with Gasteiger partial charge in [0.05, 0.1) is 18.6 Å². The molecular weight excluding hydrogens is 408 g/mol. The number of carbonyl (C=O) groups is 3. The van der Waals surface area contributed by atoms with Gasteiger partial charge in [-0.3, -0.25) is 9.59 Å². The van der Waals surface area contributed by atoms with Gasteiger partial charge in [0.2, 0.25) is 0 Å².